The number of hydrogen-bond donors (Lipinski definition) is 1. The average molecular weight is 272 g/mol. The molecule has 0 fully saturated rings. The van der Waals surface area contributed by atoms with Crippen LogP contribution in [0.3, 0.4) is 0 Å². The van der Waals surface area contributed by atoms with Crippen LogP contribution in [-0.2, 0) is 19.5 Å². The van der Waals surface area contributed by atoms with E-state index in [2.05, 4.69) is 54.5 Å². The number of nitrogens with zero attached hydrogens (tertiary/aromatic N) is 1. The zero-order valence-electron chi connectivity index (χ0n) is 12.9. The van der Waals surface area contributed by atoms with Gasteiger partial charge in [0, 0.05) is 24.8 Å². The van der Waals surface area contributed by atoms with Crippen LogP contribution in [0.15, 0.2) is 34.7 Å². The Bertz CT molecular complexity index is 543. The molecule has 0 spiro atoms. The van der Waals surface area contributed by atoms with Crippen molar-refractivity contribution in [2.75, 3.05) is 19.0 Å². The lowest BCUT2D eigenvalue weighted by molar-refractivity contribution is 0.478. The summed E-state index contributed by atoms with van der Waals surface area (Å²) >= 11 is 0. The van der Waals surface area contributed by atoms with Crippen LogP contribution >= 0.6 is 0 Å². The first-order chi connectivity index (χ1) is 9.63. The predicted octanol–water partition coefficient (Wildman–Crippen LogP) is 3.51. The molecule has 1 aromatic carbocycles. The van der Waals surface area contributed by atoms with Crippen LogP contribution in [0.5, 0.6) is 0 Å². The molecule has 20 heavy (non-hydrogen) atoms. The molecule has 0 aliphatic heterocycles. The summed E-state index contributed by atoms with van der Waals surface area (Å²) in [6.07, 6.45) is 1.08. The number of rotatable bonds is 6. The fourth-order valence-electron chi connectivity index (χ4n) is 2.34. The van der Waals surface area contributed by atoms with Gasteiger partial charge in [-0.25, -0.2) is 0 Å². The largest absolute Gasteiger partial charge is 0.464 e. The molecule has 0 atom stereocenters. The molecule has 0 saturated heterocycles. The van der Waals surface area contributed by atoms with Crippen LogP contribution < -0.4 is 10.2 Å². The van der Waals surface area contributed by atoms with Crippen molar-refractivity contribution in [1.29, 1.82) is 0 Å². The van der Waals surface area contributed by atoms with E-state index < -0.39 is 0 Å². The van der Waals surface area contributed by atoms with Crippen molar-refractivity contribution in [2.45, 2.75) is 33.4 Å². The Kier molecular flexibility index (Phi) is 4.85. The van der Waals surface area contributed by atoms with Crippen molar-refractivity contribution in [2.24, 2.45) is 0 Å². The van der Waals surface area contributed by atoms with Gasteiger partial charge in [0.15, 0.2) is 0 Å². The molecule has 3 nitrogen and oxygen atoms in total. The highest BCUT2D eigenvalue weighted by molar-refractivity contribution is 5.47. The van der Waals surface area contributed by atoms with Crippen LogP contribution in [-0.4, -0.2) is 14.1 Å². The molecule has 0 saturated carbocycles. The Morgan fingerprint density at radius 3 is 2.50 bits per heavy atom. The van der Waals surface area contributed by atoms with Gasteiger partial charge in [-0.2, -0.15) is 0 Å². The number of furan rings is 1. The van der Waals surface area contributed by atoms with Gasteiger partial charge < -0.3 is 14.6 Å². The first kappa shape index (κ1) is 14.7. The summed E-state index contributed by atoms with van der Waals surface area (Å²) in [5.41, 5.74) is 3.82. The highest BCUT2D eigenvalue weighted by Crippen LogP contribution is 2.20. The topological polar surface area (TPSA) is 28.4 Å². The molecule has 1 N–H and O–H groups in total. The lowest BCUT2D eigenvalue weighted by Gasteiger charge is -2.18. The van der Waals surface area contributed by atoms with Gasteiger partial charge in [0.1, 0.15) is 11.5 Å². The lowest BCUT2D eigenvalue weighted by atomic mass is 10.1. The molecule has 1 heterocycles. The third kappa shape index (κ3) is 3.42. The SMILES string of the molecule is CCc1ccc(N(C)Cc2cc(CNC)c(C)o2)cc1. The van der Waals surface area contributed by atoms with E-state index in [4.69, 9.17) is 4.42 Å². The predicted molar refractivity (Wildman–Crippen MR) is 84.1 cm³/mol. The van der Waals surface area contributed by atoms with Crippen molar-refractivity contribution in [3.05, 3.63) is 53.0 Å². The summed E-state index contributed by atoms with van der Waals surface area (Å²) < 4.78 is 5.82. The standard InChI is InChI=1S/C17H24N2O/c1-5-14-6-8-16(9-7-14)19(4)12-17-10-15(11-18-3)13(2)20-17/h6-10,18H,5,11-12H2,1-4H3. The van der Waals surface area contributed by atoms with Gasteiger partial charge in [-0.3, -0.25) is 0 Å². The van der Waals surface area contributed by atoms with Gasteiger partial charge in [-0.1, -0.05) is 19.1 Å². The minimum Gasteiger partial charge on any atom is -0.464 e. The summed E-state index contributed by atoms with van der Waals surface area (Å²) in [6.45, 7) is 5.83. The normalized spacial score (nSPS) is 10.8. The van der Waals surface area contributed by atoms with Gasteiger partial charge in [0.05, 0.1) is 6.54 Å². The molecule has 0 bridgehead atoms. The van der Waals surface area contributed by atoms with E-state index in [1.165, 1.54) is 16.8 Å². The highest BCUT2D eigenvalue weighted by atomic mass is 16.3. The van der Waals surface area contributed by atoms with Crippen molar-refractivity contribution < 1.29 is 4.42 Å². The second-order valence-electron chi connectivity index (χ2n) is 5.20. The maximum absolute atomic E-state index is 5.82. The van der Waals surface area contributed by atoms with E-state index in [0.717, 1.165) is 31.0 Å². The third-order valence-electron chi connectivity index (χ3n) is 3.62. The van der Waals surface area contributed by atoms with Gasteiger partial charge in [0.25, 0.3) is 0 Å². The Hall–Kier alpha value is -1.74. The van der Waals surface area contributed by atoms with E-state index >= 15 is 0 Å². The monoisotopic (exact) mass is 272 g/mol. The summed E-state index contributed by atoms with van der Waals surface area (Å²) in [4.78, 5) is 2.21. The molecule has 0 radical (unpaired) electrons. The number of anilines is 1. The van der Waals surface area contributed by atoms with Crippen molar-refractivity contribution in [3.8, 4) is 0 Å². The first-order valence-corrected chi connectivity index (χ1v) is 7.17. The van der Waals surface area contributed by atoms with E-state index in [1.54, 1.807) is 0 Å². The van der Waals surface area contributed by atoms with E-state index in [-0.39, 0.29) is 0 Å². The average Bonchev–Trinajstić information content (AvgIpc) is 2.79. The van der Waals surface area contributed by atoms with Crippen molar-refractivity contribution in [1.82, 2.24) is 5.32 Å². The molecular formula is C17H24N2O. The Balaban J connectivity index is 2.06. The quantitative estimate of drug-likeness (QED) is 0.872. The summed E-state index contributed by atoms with van der Waals surface area (Å²) in [5, 5.41) is 3.16. The molecule has 2 aromatic rings. The smallest absolute Gasteiger partial charge is 0.123 e. The molecule has 1 aromatic heterocycles. The fourth-order valence-corrected chi connectivity index (χ4v) is 2.34. The van der Waals surface area contributed by atoms with Crippen LogP contribution in [0.4, 0.5) is 5.69 Å². The lowest BCUT2D eigenvalue weighted by Crippen LogP contribution is -2.15. The molecular weight excluding hydrogens is 248 g/mol. The zero-order valence-corrected chi connectivity index (χ0v) is 12.9. The van der Waals surface area contributed by atoms with E-state index in [1.807, 2.05) is 14.0 Å². The minimum atomic E-state index is 0.788. The fraction of sp³-hybridized carbons (Fsp3) is 0.412. The van der Waals surface area contributed by atoms with Crippen LogP contribution in [0, 0.1) is 6.92 Å². The van der Waals surface area contributed by atoms with Crippen LogP contribution in [0.2, 0.25) is 0 Å². The number of benzene rings is 1. The van der Waals surface area contributed by atoms with E-state index in [9.17, 15) is 0 Å². The molecule has 0 aliphatic rings. The molecule has 2 rings (SSSR count). The Morgan fingerprint density at radius 2 is 1.90 bits per heavy atom. The number of hydrogen-bond acceptors (Lipinski definition) is 3. The molecule has 3 heteroatoms. The van der Waals surface area contributed by atoms with Gasteiger partial charge in [-0.15, -0.1) is 0 Å². The molecule has 108 valence electrons. The van der Waals surface area contributed by atoms with Gasteiger partial charge >= 0.3 is 0 Å². The Morgan fingerprint density at radius 1 is 1.20 bits per heavy atom. The second-order valence-corrected chi connectivity index (χ2v) is 5.20. The third-order valence-corrected chi connectivity index (χ3v) is 3.62. The first-order valence-electron chi connectivity index (χ1n) is 7.17. The molecule has 0 amide bonds. The van der Waals surface area contributed by atoms with Gasteiger partial charge in [-0.05, 0) is 44.2 Å². The number of aryl methyl sites for hydroxylation is 2. The molecule has 0 unspecified atom stereocenters. The zero-order chi connectivity index (χ0) is 14.5. The van der Waals surface area contributed by atoms with Crippen molar-refractivity contribution in [3.63, 3.8) is 0 Å². The summed E-state index contributed by atoms with van der Waals surface area (Å²) in [6, 6.07) is 10.9. The minimum absolute atomic E-state index is 0.788. The highest BCUT2D eigenvalue weighted by Gasteiger charge is 2.09. The van der Waals surface area contributed by atoms with Crippen LogP contribution in [0.1, 0.15) is 29.6 Å². The maximum atomic E-state index is 5.82. The summed E-state index contributed by atoms with van der Waals surface area (Å²) in [7, 11) is 4.05. The van der Waals surface area contributed by atoms with Crippen LogP contribution in [0.25, 0.3) is 0 Å². The Labute approximate surface area is 121 Å². The maximum Gasteiger partial charge on any atom is 0.123 e. The summed E-state index contributed by atoms with van der Waals surface area (Å²) in [5.74, 6) is 2.01. The van der Waals surface area contributed by atoms with Gasteiger partial charge in [0.2, 0.25) is 0 Å². The second kappa shape index (κ2) is 6.62. The molecule has 0 aliphatic carbocycles. The van der Waals surface area contributed by atoms with E-state index in [0.29, 0.717) is 0 Å². The van der Waals surface area contributed by atoms with Crippen molar-refractivity contribution >= 4 is 5.69 Å². The number of nitrogens with one attached hydrogen (secondary N) is 1.